The Morgan fingerprint density at radius 2 is 1.95 bits per heavy atom. The van der Waals surface area contributed by atoms with Gasteiger partial charge in [-0.05, 0) is 44.4 Å². The number of hydrogen-bond donors (Lipinski definition) is 1. The summed E-state index contributed by atoms with van der Waals surface area (Å²) in [6, 6.07) is 8.44. The second kappa shape index (κ2) is 7.52. The molecule has 1 aromatic rings. The standard InChI is InChI=1S/C18H29N3O/c1-4-21(5-2)17(19)20-14-18(11-6-7-12-18)15-9-8-10-16(13-15)22-3/h8-10,13H,4-7,11-12,14H2,1-3H3,(H2,19,20). The van der Waals surface area contributed by atoms with Crippen molar-refractivity contribution in [3.8, 4) is 5.75 Å². The number of aliphatic imine (C=N–C) groups is 1. The molecule has 22 heavy (non-hydrogen) atoms. The Morgan fingerprint density at radius 1 is 1.27 bits per heavy atom. The van der Waals surface area contributed by atoms with Gasteiger partial charge in [0, 0.05) is 18.5 Å². The first-order valence-electron chi connectivity index (χ1n) is 8.34. The van der Waals surface area contributed by atoms with Crippen molar-refractivity contribution in [3.63, 3.8) is 0 Å². The molecule has 0 amide bonds. The van der Waals surface area contributed by atoms with Gasteiger partial charge in [-0.1, -0.05) is 25.0 Å². The van der Waals surface area contributed by atoms with Gasteiger partial charge in [0.25, 0.3) is 0 Å². The highest BCUT2D eigenvalue weighted by molar-refractivity contribution is 5.78. The summed E-state index contributed by atoms with van der Waals surface area (Å²) in [5.74, 6) is 1.59. The van der Waals surface area contributed by atoms with E-state index in [0.717, 1.165) is 25.4 Å². The molecule has 1 fully saturated rings. The first-order chi connectivity index (χ1) is 10.6. The number of benzene rings is 1. The second-order valence-electron chi connectivity index (χ2n) is 6.07. The SMILES string of the molecule is CCN(CC)C(N)=NCC1(c2cccc(OC)c2)CCCC1. The van der Waals surface area contributed by atoms with Crippen molar-refractivity contribution in [3.05, 3.63) is 29.8 Å². The van der Waals surface area contributed by atoms with Crippen molar-refractivity contribution in [2.45, 2.75) is 44.9 Å². The smallest absolute Gasteiger partial charge is 0.191 e. The number of ether oxygens (including phenoxy) is 1. The first-order valence-corrected chi connectivity index (χ1v) is 8.34. The molecule has 0 radical (unpaired) electrons. The second-order valence-corrected chi connectivity index (χ2v) is 6.07. The third kappa shape index (κ3) is 3.54. The number of hydrogen-bond acceptors (Lipinski definition) is 2. The minimum Gasteiger partial charge on any atom is -0.497 e. The van der Waals surface area contributed by atoms with E-state index in [-0.39, 0.29) is 5.41 Å². The monoisotopic (exact) mass is 303 g/mol. The molecule has 1 aliphatic rings. The molecule has 0 aromatic heterocycles. The Bertz CT molecular complexity index is 503. The average Bonchev–Trinajstić information content (AvgIpc) is 3.04. The Labute approximate surface area is 134 Å². The van der Waals surface area contributed by atoms with Crippen LogP contribution in [0, 0.1) is 0 Å². The largest absolute Gasteiger partial charge is 0.497 e. The lowest BCUT2D eigenvalue weighted by Gasteiger charge is -2.29. The number of methoxy groups -OCH3 is 1. The van der Waals surface area contributed by atoms with Crippen molar-refractivity contribution in [1.82, 2.24) is 4.90 Å². The minimum atomic E-state index is 0.117. The lowest BCUT2D eigenvalue weighted by atomic mass is 9.79. The van der Waals surface area contributed by atoms with Crippen LogP contribution in [0.25, 0.3) is 0 Å². The summed E-state index contributed by atoms with van der Waals surface area (Å²) < 4.78 is 5.39. The molecule has 122 valence electrons. The van der Waals surface area contributed by atoms with Crippen LogP contribution in [0.5, 0.6) is 5.75 Å². The first kappa shape index (κ1) is 16.7. The molecule has 0 spiro atoms. The molecule has 4 nitrogen and oxygen atoms in total. The van der Waals surface area contributed by atoms with Crippen LogP contribution in [0.1, 0.15) is 45.1 Å². The molecule has 2 rings (SSSR count). The number of nitrogens with zero attached hydrogens (tertiary/aromatic N) is 2. The topological polar surface area (TPSA) is 50.8 Å². The van der Waals surface area contributed by atoms with Crippen LogP contribution in [-0.2, 0) is 5.41 Å². The summed E-state index contributed by atoms with van der Waals surface area (Å²) >= 11 is 0. The Morgan fingerprint density at radius 3 is 2.55 bits per heavy atom. The van der Waals surface area contributed by atoms with Crippen molar-refractivity contribution in [2.75, 3.05) is 26.7 Å². The summed E-state index contributed by atoms with van der Waals surface area (Å²) in [6.45, 7) is 6.79. The summed E-state index contributed by atoms with van der Waals surface area (Å²) in [5, 5.41) is 0. The third-order valence-corrected chi connectivity index (χ3v) is 4.87. The van der Waals surface area contributed by atoms with E-state index in [4.69, 9.17) is 15.5 Å². The van der Waals surface area contributed by atoms with Crippen LogP contribution in [0.3, 0.4) is 0 Å². The predicted molar refractivity (Wildman–Crippen MR) is 92.6 cm³/mol. The van der Waals surface area contributed by atoms with Crippen LogP contribution in [0.15, 0.2) is 29.3 Å². The highest BCUT2D eigenvalue weighted by Crippen LogP contribution is 2.42. The lowest BCUT2D eigenvalue weighted by Crippen LogP contribution is -2.38. The molecule has 0 bridgehead atoms. The quantitative estimate of drug-likeness (QED) is 0.649. The maximum Gasteiger partial charge on any atom is 0.191 e. The van der Waals surface area contributed by atoms with E-state index < -0.39 is 0 Å². The fourth-order valence-electron chi connectivity index (χ4n) is 3.42. The molecule has 0 atom stereocenters. The Hall–Kier alpha value is -1.71. The van der Waals surface area contributed by atoms with E-state index in [2.05, 4.69) is 36.9 Å². The van der Waals surface area contributed by atoms with Crippen LogP contribution < -0.4 is 10.5 Å². The third-order valence-electron chi connectivity index (χ3n) is 4.87. The molecular weight excluding hydrogens is 274 g/mol. The van der Waals surface area contributed by atoms with Gasteiger partial charge in [-0.3, -0.25) is 4.99 Å². The zero-order valence-electron chi connectivity index (χ0n) is 14.1. The number of nitrogens with two attached hydrogens (primary N) is 1. The summed E-state index contributed by atoms with van der Waals surface area (Å²) in [6.07, 6.45) is 4.88. The molecule has 0 heterocycles. The van der Waals surface area contributed by atoms with Crippen LogP contribution >= 0.6 is 0 Å². The molecule has 0 saturated heterocycles. The van der Waals surface area contributed by atoms with E-state index in [1.165, 1.54) is 31.2 Å². The maximum absolute atomic E-state index is 6.16. The van der Waals surface area contributed by atoms with Crippen LogP contribution in [0.2, 0.25) is 0 Å². The zero-order valence-corrected chi connectivity index (χ0v) is 14.1. The van der Waals surface area contributed by atoms with Gasteiger partial charge in [0.2, 0.25) is 0 Å². The molecule has 0 unspecified atom stereocenters. The van der Waals surface area contributed by atoms with E-state index in [1.807, 2.05) is 6.07 Å². The van der Waals surface area contributed by atoms with E-state index in [1.54, 1.807) is 7.11 Å². The van der Waals surface area contributed by atoms with Crippen molar-refractivity contribution >= 4 is 5.96 Å². The molecule has 1 saturated carbocycles. The van der Waals surface area contributed by atoms with E-state index in [9.17, 15) is 0 Å². The Kier molecular flexibility index (Phi) is 5.69. The van der Waals surface area contributed by atoms with E-state index >= 15 is 0 Å². The van der Waals surface area contributed by atoms with Gasteiger partial charge >= 0.3 is 0 Å². The zero-order chi connectivity index (χ0) is 16.0. The molecule has 0 aliphatic heterocycles. The van der Waals surface area contributed by atoms with Crippen LogP contribution in [0.4, 0.5) is 0 Å². The number of rotatable bonds is 6. The van der Waals surface area contributed by atoms with Gasteiger partial charge in [0.1, 0.15) is 5.75 Å². The van der Waals surface area contributed by atoms with Gasteiger partial charge in [-0.25, -0.2) is 0 Å². The molecule has 4 heteroatoms. The minimum absolute atomic E-state index is 0.117. The maximum atomic E-state index is 6.16. The lowest BCUT2D eigenvalue weighted by molar-refractivity contribution is 0.406. The fourth-order valence-corrected chi connectivity index (χ4v) is 3.42. The molecule has 2 N–H and O–H groups in total. The summed E-state index contributed by atoms with van der Waals surface area (Å²) in [5.41, 5.74) is 7.61. The van der Waals surface area contributed by atoms with Gasteiger partial charge in [0.05, 0.1) is 13.7 Å². The summed E-state index contributed by atoms with van der Waals surface area (Å²) in [7, 11) is 1.72. The predicted octanol–water partition coefficient (Wildman–Crippen LogP) is 3.16. The van der Waals surface area contributed by atoms with Crippen molar-refractivity contribution < 1.29 is 4.74 Å². The highest BCUT2D eigenvalue weighted by Gasteiger charge is 2.35. The highest BCUT2D eigenvalue weighted by atomic mass is 16.5. The normalized spacial score (nSPS) is 17.5. The van der Waals surface area contributed by atoms with Gasteiger partial charge in [-0.2, -0.15) is 0 Å². The average molecular weight is 303 g/mol. The van der Waals surface area contributed by atoms with Crippen molar-refractivity contribution in [1.29, 1.82) is 0 Å². The van der Waals surface area contributed by atoms with E-state index in [0.29, 0.717) is 5.96 Å². The Balaban J connectivity index is 2.23. The molecule has 1 aromatic carbocycles. The van der Waals surface area contributed by atoms with Gasteiger partial charge in [0.15, 0.2) is 5.96 Å². The molecule has 1 aliphatic carbocycles. The molecular formula is C18H29N3O. The van der Waals surface area contributed by atoms with Gasteiger partial charge < -0.3 is 15.4 Å². The van der Waals surface area contributed by atoms with Crippen LogP contribution in [-0.4, -0.2) is 37.6 Å². The summed E-state index contributed by atoms with van der Waals surface area (Å²) in [4.78, 5) is 6.84. The van der Waals surface area contributed by atoms with Gasteiger partial charge in [-0.15, -0.1) is 0 Å². The number of guanidine groups is 1. The van der Waals surface area contributed by atoms with Crippen molar-refractivity contribution in [2.24, 2.45) is 10.7 Å². The fraction of sp³-hybridized carbons (Fsp3) is 0.611.